The number of hydrogen-bond donors (Lipinski definition) is 1. The molecule has 0 fully saturated rings. The smallest absolute Gasteiger partial charge is 0.244 e. The zero-order valence-electron chi connectivity index (χ0n) is 24.0. The fourth-order valence-corrected chi connectivity index (χ4v) is 5.34. The van der Waals surface area contributed by atoms with E-state index >= 15 is 0 Å². The van der Waals surface area contributed by atoms with Crippen LogP contribution in [0.2, 0.25) is 0 Å². The molecule has 0 heterocycles. The van der Waals surface area contributed by atoms with Crippen LogP contribution in [0.4, 0.5) is 5.69 Å². The molecule has 0 aliphatic heterocycles. The quantitative estimate of drug-likeness (QED) is 0.354. The highest BCUT2D eigenvalue weighted by Crippen LogP contribution is 2.31. The van der Waals surface area contributed by atoms with Crippen molar-refractivity contribution in [2.45, 2.75) is 52.7 Å². The molecule has 1 atom stereocenters. The summed E-state index contributed by atoms with van der Waals surface area (Å²) in [6, 6.07) is 21.3. The standard InChI is InChI=1S/C31H39N3O5S/c1-22(2)32-31(36)28(19-25-13-8-7-9-14-25)33(20-26-15-11-10-12-24(26)4)30(35)21-34(40(6,37)38)27-18-23(3)16-17-29(27)39-5/h7-18,22,28H,19-21H2,1-6H3,(H,32,36)/t28-/m0/s1. The van der Waals surface area contributed by atoms with Gasteiger partial charge in [-0.2, -0.15) is 0 Å². The van der Waals surface area contributed by atoms with Gasteiger partial charge in [0.2, 0.25) is 21.8 Å². The highest BCUT2D eigenvalue weighted by Gasteiger charge is 2.34. The topological polar surface area (TPSA) is 96.0 Å². The third-order valence-corrected chi connectivity index (χ3v) is 7.71. The maximum Gasteiger partial charge on any atom is 0.244 e. The predicted octanol–water partition coefficient (Wildman–Crippen LogP) is 4.24. The lowest BCUT2D eigenvalue weighted by atomic mass is 10.0. The minimum atomic E-state index is -3.90. The van der Waals surface area contributed by atoms with Crippen molar-refractivity contribution in [1.82, 2.24) is 10.2 Å². The van der Waals surface area contributed by atoms with E-state index in [1.165, 1.54) is 12.0 Å². The van der Waals surface area contributed by atoms with E-state index in [-0.39, 0.29) is 30.6 Å². The summed E-state index contributed by atoms with van der Waals surface area (Å²) in [6.45, 7) is 7.14. The zero-order valence-corrected chi connectivity index (χ0v) is 24.9. The molecule has 2 amide bonds. The van der Waals surface area contributed by atoms with Crippen molar-refractivity contribution < 1.29 is 22.7 Å². The van der Waals surface area contributed by atoms with Gasteiger partial charge >= 0.3 is 0 Å². The molecule has 0 saturated carbocycles. The molecule has 1 N–H and O–H groups in total. The Balaban J connectivity index is 2.11. The lowest BCUT2D eigenvalue weighted by Crippen LogP contribution is -2.54. The summed E-state index contributed by atoms with van der Waals surface area (Å²) in [7, 11) is -2.44. The molecule has 214 valence electrons. The minimum Gasteiger partial charge on any atom is -0.495 e. The van der Waals surface area contributed by atoms with Crippen LogP contribution in [0.5, 0.6) is 5.75 Å². The number of carbonyl (C=O) groups excluding carboxylic acids is 2. The molecule has 0 bridgehead atoms. The average Bonchev–Trinajstić information content (AvgIpc) is 2.89. The van der Waals surface area contributed by atoms with Gasteiger partial charge in [-0.05, 0) is 62.1 Å². The average molecular weight is 566 g/mol. The molecule has 3 rings (SSSR count). The van der Waals surface area contributed by atoms with Crippen LogP contribution in [0, 0.1) is 13.8 Å². The number of nitrogens with zero attached hydrogens (tertiary/aromatic N) is 2. The van der Waals surface area contributed by atoms with Crippen LogP contribution in [0.1, 0.15) is 36.1 Å². The Morgan fingerprint density at radius 2 is 1.60 bits per heavy atom. The fraction of sp³-hybridized carbons (Fsp3) is 0.355. The van der Waals surface area contributed by atoms with Crippen molar-refractivity contribution in [3.05, 3.63) is 95.1 Å². The van der Waals surface area contributed by atoms with Gasteiger partial charge < -0.3 is 15.0 Å². The summed E-state index contributed by atoms with van der Waals surface area (Å²) in [5.74, 6) is -0.482. The van der Waals surface area contributed by atoms with Gasteiger partial charge in [0.25, 0.3) is 0 Å². The number of carbonyl (C=O) groups is 2. The highest BCUT2D eigenvalue weighted by molar-refractivity contribution is 7.92. The molecule has 0 spiro atoms. The third-order valence-electron chi connectivity index (χ3n) is 6.59. The molecule has 40 heavy (non-hydrogen) atoms. The summed E-state index contributed by atoms with van der Waals surface area (Å²) in [4.78, 5) is 29.3. The van der Waals surface area contributed by atoms with Gasteiger partial charge in [0.15, 0.2) is 0 Å². The molecule has 0 radical (unpaired) electrons. The van der Waals surface area contributed by atoms with Crippen molar-refractivity contribution in [1.29, 1.82) is 0 Å². The Hall–Kier alpha value is -3.85. The van der Waals surface area contributed by atoms with Crippen LogP contribution in [0.15, 0.2) is 72.8 Å². The number of ether oxygens (including phenoxy) is 1. The molecule has 0 saturated heterocycles. The SMILES string of the molecule is COc1ccc(C)cc1N(CC(=O)N(Cc1ccccc1C)[C@@H](Cc1ccccc1)C(=O)NC(C)C)S(C)(=O)=O. The molecule has 0 unspecified atom stereocenters. The normalized spacial score (nSPS) is 12.1. The van der Waals surface area contributed by atoms with E-state index in [4.69, 9.17) is 4.74 Å². The van der Waals surface area contributed by atoms with Gasteiger partial charge in [0.05, 0.1) is 19.1 Å². The lowest BCUT2D eigenvalue weighted by molar-refractivity contribution is -0.140. The van der Waals surface area contributed by atoms with Gasteiger partial charge in [-0.15, -0.1) is 0 Å². The van der Waals surface area contributed by atoms with Crippen LogP contribution < -0.4 is 14.4 Å². The number of aryl methyl sites for hydroxylation is 2. The Morgan fingerprint density at radius 1 is 0.950 bits per heavy atom. The highest BCUT2D eigenvalue weighted by atomic mass is 32.2. The zero-order chi connectivity index (χ0) is 29.4. The second-order valence-electron chi connectivity index (χ2n) is 10.3. The molecule has 3 aromatic rings. The molecule has 0 aliphatic carbocycles. The van der Waals surface area contributed by atoms with E-state index in [1.807, 2.05) is 82.3 Å². The third kappa shape index (κ3) is 8.08. The van der Waals surface area contributed by atoms with E-state index in [9.17, 15) is 18.0 Å². The van der Waals surface area contributed by atoms with Crippen molar-refractivity contribution >= 4 is 27.5 Å². The summed E-state index contributed by atoms with van der Waals surface area (Å²) < 4.78 is 32.6. The number of amides is 2. The number of sulfonamides is 1. The first kappa shape index (κ1) is 30.7. The van der Waals surface area contributed by atoms with Crippen molar-refractivity contribution in [3.63, 3.8) is 0 Å². The minimum absolute atomic E-state index is 0.136. The molecular formula is C31H39N3O5S. The van der Waals surface area contributed by atoms with Crippen LogP contribution in [0.25, 0.3) is 0 Å². The van der Waals surface area contributed by atoms with E-state index in [2.05, 4.69) is 5.32 Å². The van der Waals surface area contributed by atoms with Gasteiger partial charge in [-0.3, -0.25) is 13.9 Å². The molecule has 3 aromatic carbocycles. The molecule has 0 aromatic heterocycles. The second-order valence-corrected chi connectivity index (χ2v) is 12.2. The Kier molecular flexibility index (Phi) is 10.3. The monoisotopic (exact) mass is 565 g/mol. The van der Waals surface area contributed by atoms with Crippen molar-refractivity contribution in [2.24, 2.45) is 0 Å². The Labute approximate surface area is 238 Å². The molecule has 0 aliphatic rings. The maximum atomic E-state index is 14.2. The first-order valence-electron chi connectivity index (χ1n) is 13.2. The van der Waals surface area contributed by atoms with Gasteiger partial charge in [0, 0.05) is 19.0 Å². The summed E-state index contributed by atoms with van der Waals surface area (Å²) in [5, 5.41) is 2.96. The first-order valence-corrected chi connectivity index (χ1v) is 15.1. The van der Waals surface area contributed by atoms with Gasteiger partial charge in [-0.25, -0.2) is 8.42 Å². The predicted molar refractivity (Wildman–Crippen MR) is 159 cm³/mol. The number of methoxy groups -OCH3 is 1. The Bertz CT molecular complexity index is 1420. The number of benzene rings is 3. The number of nitrogens with one attached hydrogen (secondary N) is 1. The largest absolute Gasteiger partial charge is 0.495 e. The molecule has 9 heteroatoms. The van der Waals surface area contributed by atoms with Crippen molar-refractivity contribution in [2.75, 3.05) is 24.2 Å². The first-order chi connectivity index (χ1) is 18.9. The molecular weight excluding hydrogens is 526 g/mol. The van der Waals surface area contributed by atoms with Gasteiger partial charge in [0.1, 0.15) is 18.3 Å². The molecule has 8 nitrogen and oxygen atoms in total. The lowest BCUT2D eigenvalue weighted by Gasteiger charge is -2.34. The van der Waals surface area contributed by atoms with Crippen LogP contribution in [-0.2, 0) is 32.6 Å². The van der Waals surface area contributed by atoms with Crippen LogP contribution in [0.3, 0.4) is 0 Å². The summed E-state index contributed by atoms with van der Waals surface area (Å²) >= 11 is 0. The van der Waals surface area contributed by atoms with E-state index in [1.54, 1.807) is 18.2 Å². The van der Waals surface area contributed by atoms with Crippen molar-refractivity contribution in [3.8, 4) is 5.75 Å². The number of rotatable bonds is 12. The van der Waals surface area contributed by atoms with Gasteiger partial charge in [-0.1, -0.05) is 60.7 Å². The van der Waals surface area contributed by atoms with E-state index in [0.29, 0.717) is 5.75 Å². The van der Waals surface area contributed by atoms with E-state index < -0.39 is 28.5 Å². The van der Waals surface area contributed by atoms with Crippen LogP contribution in [-0.4, -0.2) is 57.1 Å². The maximum absolute atomic E-state index is 14.2. The Morgan fingerprint density at radius 3 is 2.20 bits per heavy atom. The summed E-state index contributed by atoms with van der Waals surface area (Å²) in [6.07, 6.45) is 1.32. The van der Waals surface area contributed by atoms with Crippen LogP contribution >= 0.6 is 0 Å². The second kappa shape index (κ2) is 13.5. The van der Waals surface area contributed by atoms with E-state index in [0.717, 1.165) is 32.8 Å². The number of anilines is 1. The summed E-state index contributed by atoms with van der Waals surface area (Å²) in [5.41, 5.74) is 3.79. The fourth-order valence-electron chi connectivity index (χ4n) is 4.50. The number of hydrogen-bond acceptors (Lipinski definition) is 5.